The molecule has 0 unspecified atom stereocenters. The van der Waals surface area contributed by atoms with Crippen LogP contribution < -0.4 is 4.90 Å². The maximum absolute atomic E-state index is 5.77. The van der Waals surface area contributed by atoms with E-state index < -0.39 is 0 Å². The van der Waals surface area contributed by atoms with E-state index >= 15 is 0 Å². The van der Waals surface area contributed by atoms with Gasteiger partial charge in [-0.15, -0.1) is 20.4 Å². The lowest BCUT2D eigenvalue weighted by atomic mass is 10.2. The molecule has 154 valence electrons. The molecular weight excluding hydrogens is 396 g/mol. The molecule has 0 N–H and O–H groups in total. The van der Waals surface area contributed by atoms with Crippen molar-refractivity contribution >= 4 is 17.4 Å². The zero-order valence-electron chi connectivity index (χ0n) is 17.3. The van der Waals surface area contributed by atoms with E-state index in [2.05, 4.69) is 63.4 Å². The van der Waals surface area contributed by atoms with Crippen molar-refractivity contribution in [3.63, 3.8) is 0 Å². The van der Waals surface area contributed by atoms with E-state index in [1.165, 1.54) is 17.4 Å². The largest absolute Gasteiger partial charge is 0.420 e. The number of hydrogen-bond donors (Lipinski definition) is 0. The van der Waals surface area contributed by atoms with Gasteiger partial charge in [0.2, 0.25) is 11.8 Å². The molecule has 7 nitrogen and oxygen atoms in total. The predicted octanol–water partition coefficient (Wildman–Crippen LogP) is 4.67. The molecule has 2 aromatic heterocycles. The minimum Gasteiger partial charge on any atom is -0.420 e. The molecular formula is C22H24N6OS. The molecule has 0 radical (unpaired) electrons. The van der Waals surface area contributed by atoms with Crippen LogP contribution in [0, 0.1) is 0 Å². The van der Waals surface area contributed by atoms with Gasteiger partial charge in [0.05, 0.1) is 5.75 Å². The molecule has 2 heterocycles. The molecule has 0 fully saturated rings. The number of hydrogen-bond acceptors (Lipinski definition) is 7. The Hall–Kier alpha value is -3.13. The maximum atomic E-state index is 5.77. The summed E-state index contributed by atoms with van der Waals surface area (Å²) in [5.74, 6) is 2.46. The lowest BCUT2D eigenvalue weighted by Gasteiger charge is -2.21. The number of nitrogens with zero attached hydrogens (tertiary/aromatic N) is 6. The first kappa shape index (κ1) is 20.2. The van der Waals surface area contributed by atoms with Gasteiger partial charge in [0.1, 0.15) is 0 Å². The number of benzene rings is 2. The molecule has 2 aromatic carbocycles. The Morgan fingerprint density at radius 1 is 0.867 bits per heavy atom. The van der Waals surface area contributed by atoms with Crippen LogP contribution >= 0.6 is 11.8 Å². The monoisotopic (exact) mass is 420 g/mol. The smallest absolute Gasteiger partial charge is 0.247 e. The minimum atomic E-state index is 0.526. The third kappa shape index (κ3) is 4.23. The van der Waals surface area contributed by atoms with E-state index in [1.54, 1.807) is 0 Å². The van der Waals surface area contributed by atoms with E-state index in [-0.39, 0.29) is 0 Å². The molecule has 0 aliphatic carbocycles. The second kappa shape index (κ2) is 9.13. The highest BCUT2D eigenvalue weighted by atomic mass is 32.2. The summed E-state index contributed by atoms with van der Waals surface area (Å²) in [5.41, 5.74) is 3.17. The van der Waals surface area contributed by atoms with Gasteiger partial charge in [-0.05, 0) is 50.2 Å². The van der Waals surface area contributed by atoms with Gasteiger partial charge in [-0.25, -0.2) is 0 Å². The molecule has 0 atom stereocenters. The molecule has 4 aromatic rings. The quantitative estimate of drug-likeness (QED) is 0.384. The van der Waals surface area contributed by atoms with Crippen molar-refractivity contribution in [2.24, 2.45) is 7.05 Å². The van der Waals surface area contributed by atoms with E-state index in [9.17, 15) is 0 Å². The summed E-state index contributed by atoms with van der Waals surface area (Å²) in [5, 5.41) is 17.8. The highest BCUT2D eigenvalue weighted by Crippen LogP contribution is 2.27. The van der Waals surface area contributed by atoms with Crippen LogP contribution in [0.15, 0.2) is 64.2 Å². The van der Waals surface area contributed by atoms with Gasteiger partial charge < -0.3 is 13.9 Å². The average Bonchev–Trinajstić information content (AvgIpc) is 3.41. The number of anilines is 1. The summed E-state index contributed by atoms with van der Waals surface area (Å²) in [6.07, 6.45) is 0. The SMILES string of the molecule is CCN(CC)c1ccc(-c2nnc(SCc3nnc(-c4ccccc4)o3)n2C)cc1. The van der Waals surface area contributed by atoms with Crippen LogP contribution in [0.25, 0.3) is 22.8 Å². The lowest BCUT2D eigenvalue weighted by Crippen LogP contribution is -2.21. The standard InChI is InChI=1S/C22H24N6OS/c1-4-28(5-2)18-13-11-16(12-14-18)20-24-26-22(27(20)3)30-15-19-23-25-21(29-19)17-9-7-6-8-10-17/h6-14H,4-5,15H2,1-3H3. The van der Waals surface area contributed by atoms with Crippen LogP contribution in [0.4, 0.5) is 5.69 Å². The fraction of sp³-hybridized carbons (Fsp3) is 0.273. The van der Waals surface area contributed by atoms with Crippen molar-refractivity contribution in [2.75, 3.05) is 18.0 Å². The molecule has 0 aliphatic heterocycles. The van der Waals surface area contributed by atoms with E-state index in [0.29, 0.717) is 17.5 Å². The molecule has 0 bridgehead atoms. The van der Waals surface area contributed by atoms with Crippen molar-refractivity contribution in [1.82, 2.24) is 25.0 Å². The summed E-state index contributed by atoms with van der Waals surface area (Å²) in [4.78, 5) is 2.32. The lowest BCUT2D eigenvalue weighted by molar-refractivity contribution is 0.528. The molecule has 0 spiro atoms. The van der Waals surface area contributed by atoms with Crippen LogP contribution in [0.3, 0.4) is 0 Å². The molecule has 30 heavy (non-hydrogen) atoms. The molecule has 4 rings (SSSR count). The summed E-state index contributed by atoms with van der Waals surface area (Å²) >= 11 is 1.52. The van der Waals surface area contributed by atoms with Gasteiger partial charge in [-0.3, -0.25) is 0 Å². The van der Waals surface area contributed by atoms with Crippen LogP contribution in [-0.4, -0.2) is 38.1 Å². The Kier molecular flexibility index (Phi) is 6.13. The number of aromatic nitrogens is 5. The maximum Gasteiger partial charge on any atom is 0.247 e. The van der Waals surface area contributed by atoms with Crippen molar-refractivity contribution in [1.29, 1.82) is 0 Å². The molecule has 0 aliphatic rings. The Morgan fingerprint density at radius 2 is 1.60 bits per heavy atom. The van der Waals surface area contributed by atoms with Crippen molar-refractivity contribution in [2.45, 2.75) is 24.8 Å². The number of rotatable bonds is 8. The Bertz CT molecular complexity index is 1090. The molecule has 0 saturated heterocycles. The Labute approximate surface area is 180 Å². The van der Waals surface area contributed by atoms with Crippen molar-refractivity contribution in [3.05, 3.63) is 60.5 Å². The predicted molar refractivity (Wildman–Crippen MR) is 119 cm³/mol. The van der Waals surface area contributed by atoms with Gasteiger partial charge in [0.25, 0.3) is 0 Å². The molecule has 0 amide bonds. The summed E-state index contributed by atoms with van der Waals surface area (Å²) in [7, 11) is 1.97. The van der Waals surface area contributed by atoms with E-state index in [0.717, 1.165) is 35.2 Å². The third-order valence-electron chi connectivity index (χ3n) is 4.90. The van der Waals surface area contributed by atoms with Gasteiger partial charge in [0.15, 0.2) is 11.0 Å². The van der Waals surface area contributed by atoms with Crippen LogP contribution in [-0.2, 0) is 12.8 Å². The fourth-order valence-corrected chi connectivity index (χ4v) is 3.99. The van der Waals surface area contributed by atoms with Crippen LogP contribution in [0.5, 0.6) is 0 Å². The first-order chi connectivity index (χ1) is 14.7. The first-order valence-electron chi connectivity index (χ1n) is 9.95. The van der Waals surface area contributed by atoms with Crippen LogP contribution in [0.2, 0.25) is 0 Å². The highest BCUT2D eigenvalue weighted by Gasteiger charge is 2.14. The Morgan fingerprint density at radius 3 is 2.30 bits per heavy atom. The highest BCUT2D eigenvalue weighted by molar-refractivity contribution is 7.98. The fourth-order valence-electron chi connectivity index (χ4n) is 3.24. The van der Waals surface area contributed by atoms with Gasteiger partial charge in [-0.1, -0.05) is 30.0 Å². The zero-order chi connectivity index (χ0) is 20.9. The van der Waals surface area contributed by atoms with Crippen LogP contribution in [0.1, 0.15) is 19.7 Å². The zero-order valence-corrected chi connectivity index (χ0v) is 18.1. The van der Waals surface area contributed by atoms with Gasteiger partial charge in [0, 0.05) is 37.0 Å². The number of thioether (sulfide) groups is 1. The topological polar surface area (TPSA) is 72.9 Å². The summed E-state index contributed by atoms with van der Waals surface area (Å²) < 4.78 is 7.77. The summed E-state index contributed by atoms with van der Waals surface area (Å²) in [6.45, 7) is 6.30. The second-order valence-electron chi connectivity index (χ2n) is 6.74. The normalized spacial score (nSPS) is 11.0. The van der Waals surface area contributed by atoms with Gasteiger partial charge in [-0.2, -0.15) is 0 Å². The Balaban J connectivity index is 1.44. The molecule has 0 saturated carbocycles. The minimum absolute atomic E-state index is 0.526. The van der Waals surface area contributed by atoms with Gasteiger partial charge >= 0.3 is 0 Å². The summed E-state index contributed by atoms with van der Waals surface area (Å²) in [6, 6.07) is 18.2. The second-order valence-corrected chi connectivity index (χ2v) is 7.68. The average molecular weight is 421 g/mol. The van der Waals surface area contributed by atoms with Crippen molar-refractivity contribution in [3.8, 4) is 22.8 Å². The first-order valence-corrected chi connectivity index (χ1v) is 10.9. The van der Waals surface area contributed by atoms with E-state index in [1.807, 2.05) is 41.9 Å². The van der Waals surface area contributed by atoms with Crippen molar-refractivity contribution < 1.29 is 4.42 Å². The molecule has 8 heteroatoms. The van der Waals surface area contributed by atoms with E-state index in [4.69, 9.17) is 4.42 Å². The third-order valence-corrected chi connectivity index (χ3v) is 5.91.